The van der Waals surface area contributed by atoms with E-state index >= 15 is 0 Å². The van der Waals surface area contributed by atoms with E-state index in [9.17, 15) is 9.59 Å². The van der Waals surface area contributed by atoms with Gasteiger partial charge in [-0.1, -0.05) is 55.7 Å². The molecule has 32 heavy (non-hydrogen) atoms. The summed E-state index contributed by atoms with van der Waals surface area (Å²) >= 11 is 0. The Bertz CT molecular complexity index is 1040. The Balaban J connectivity index is 1.32. The minimum absolute atomic E-state index is 0.0688. The van der Waals surface area contributed by atoms with Crippen molar-refractivity contribution in [3.05, 3.63) is 90.0 Å². The molecule has 2 N–H and O–H groups in total. The molecule has 5 nitrogen and oxygen atoms in total. The molecule has 1 aliphatic carbocycles. The summed E-state index contributed by atoms with van der Waals surface area (Å²) in [7, 11) is 0. The molecular formula is C27H28N2O3. The second-order valence-corrected chi connectivity index (χ2v) is 8.16. The van der Waals surface area contributed by atoms with Crippen molar-refractivity contribution in [3.8, 4) is 5.75 Å². The van der Waals surface area contributed by atoms with Gasteiger partial charge in [-0.3, -0.25) is 9.59 Å². The maximum atomic E-state index is 12.6. The molecule has 2 amide bonds. The van der Waals surface area contributed by atoms with E-state index in [4.69, 9.17) is 4.74 Å². The minimum Gasteiger partial charge on any atom is -0.489 e. The van der Waals surface area contributed by atoms with Crippen LogP contribution in [-0.2, 0) is 11.4 Å². The number of hydrogen-bond donors (Lipinski definition) is 2. The molecule has 0 saturated heterocycles. The summed E-state index contributed by atoms with van der Waals surface area (Å²) in [4.78, 5) is 25.1. The Hall–Kier alpha value is -3.60. The molecule has 0 atom stereocenters. The van der Waals surface area contributed by atoms with Gasteiger partial charge in [0.15, 0.2) is 0 Å². The summed E-state index contributed by atoms with van der Waals surface area (Å²) in [6, 6.07) is 24.3. The number of benzene rings is 3. The van der Waals surface area contributed by atoms with Gasteiger partial charge in [-0.2, -0.15) is 0 Å². The Morgan fingerprint density at radius 3 is 2.19 bits per heavy atom. The molecule has 0 unspecified atom stereocenters. The highest BCUT2D eigenvalue weighted by atomic mass is 16.5. The number of anilines is 2. The molecule has 3 aromatic carbocycles. The predicted octanol–water partition coefficient (Wildman–Crippen LogP) is 6.04. The number of ether oxygens (including phenoxy) is 1. The van der Waals surface area contributed by atoms with E-state index in [0.717, 1.165) is 31.2 Å². The van der Waals surface area contributed by atoms with Gasteiger partial charge >= 0.3 is 0 Å². The molecule has 3 aromatic rings. The maximum absolute atomic E-state index is 12.6. The summed E-state index contributed by atoms with van der Waals surface area (Å²) in [6.45, 7) is 0.478. The highest BCUT2D eigenvalue weighted by molar-refractivity contribution is 6.04. The number of nitrogens with one attached hydrogen (secondary N) is 2. The molecule has 0 radical (unpaired) electrons. The average molecular weight is 429 g/mol. The highest BCUT2D eigenvalue weighted by Crippen LogP contribution is 2.25. The monoisotopic (exact) mass is 428 g/mol. The van der Waals surface area contributed by atoms with Crippen molar-refractivity contribution in [2.75, 3.05) is 10.6 Å². The van der Waals surface area contributed by atoms with Gasteiger partial charge < -0.3 is 15.4 Å². The normalized spacial score (nSPS) is 13.9. The lowest BCUT2D eigenvalue weighted by molar-refractivity contribution is -0.120. The fourth-order valence-corrected chi connectivity index (χ4v) is 3.93. The first-order chi connectivity index (χ1) is 15.7. The van der Waals surface area contributed by atoms with Crippen molar-refractivity contribution in [2.24, 2.45) is 5.92 Å². The molecule has 0 spiro atoms. The van der Waals surface area contributed by atoms with Crippen LogP contribution >= 0.6 is 0 Å². The van der Waals surface area contributed by atoms with Crippen molar-refractivity contribution >= 4 is 23.2 Å². The number of hydrogen-bond acceptors (Lipinski definition) is 3. The molecule has 0 bridgehead atoms. The Morgan fingerprint density at radius 1 is 0.781 bits per heavy atom. The molecule has 4 rings (SSSR count). The summed E-state index contributed by atoms with van der Waals surface area (Å²) in [5, 5.41) is 5.89. The highest BCUT2D eigenvalue weighted by Gasteiger charge is 2.21. The maximum Gasteiger partial charge on any atom is 0.255 e. The van der Waals surface area contributed by atoms with Crippen molar-refractivity contribution in [3.63, 3.8) is 0 Å². The molecule has 1 fully saturated rings. The number of rotatable bonds is 7. The largest absolute Gasteiger partial charge is 0.489 e. The van der Waals surface area contributed by atoms with Crippen molar-refractivity contribution in [1.29, 1.82) is 0 Å². The molecule has 1 aliphatic rings. The summed E-state index contributed by atoms with van der Waals surface area (Å²) in [5.41, 5.74) is 2.96. The van der Waals surface area contributed by atoms with Crippen LogP contribution in [0.5, 0.6) is 5.75 Å². The van der Waals surface area contributed by atoms with Crippen LogP contribution in [0.4, 0.5) is 11.4 Å². The van der Waals surface area contributed by atoms with Crippen LogP contribution in [-0.4, -0.2) is 11.8 Å². The van der Waals surface area contributed by atoms with E-state index in [1.165, 1.54) is 6.42 Å². The Labute approximate surface area is 188 Å². The second kappa shape index (κ2) is 10.6. The number of carbonyl (C=O) groups excluding carboxylic acids is 2. The average Bonchev–Trinajstić information content (AvgIpc) is 2.84. The lowest BCUT2D eigenvalue weighted by Gasteiger charge is -2.20. The van der Waals surface area contributed by atoms with Gasteiger partial charge in [0, 0.05) is 22.9 Å². The van der Waals surface area contributed by atoms with Gasteiger partial charge in [-0.05, 0) is 60.9 Å². The van der Waals surface area contributed by atoms with Crippen LogP contribution in [0.2, 0.25) is 0 Å². The zero-order valence-electron chi connectivity index (χ0n) is 18.1. The fraction of sp³-hybridized carbons (Fsp3) is 0.259. The van der Waals surface area contributed by atoms with Crippen molar-refractivity contribution in [1.82, 2.24) is 0 Å². The lowest BCUT2D eigenvalue weighted by Crippen LogP contribution is -2.24. The van der Waals surface area contributed by atoms with E-state index < -0.39 is 0 Å². The third-order valence-electron chi connectivity index (χ3n) is 5.73. The van der Waals surface area contributed by atoms with Gasteiger partial charge in [0.25, 0.3) is 5.91 Å². The van der Waals surface area contributed by atoms with Crippen LogP contribution < -0.4 is 15.4 Å². The van der Waals surface area contributed by atoms with Crippen LogP contribution in [0.25, 0.3) is 0 Å². The van der Waals surface area contributed by atoms with Crippen LogP contribution in [0.1, 0.15) is 48.0 Å². The third-order valence-corrected chi connectivity index (χ3v) is 5.73. The Morgan fingerprint density at radius 2 is 1.47 bits per heavy atom. The van der Waals surface area contributed by atoms with Gasteiger partial charge in [0.1, 0.15) is 12.4 Å². The SMILES string of the molecule is O=C(Nc1cccc(NC(=O)C2CCCCC2)c1)c1ccc(OCc2ccccc2)cc1. The molecule has 0 aliphatic heterocycles. The van der Waals surface area contributed by atoms with Crippen molar-refractivity contribution < 1.29 is 14.3 Å². The standard InChI is InChI=1S/C27H28N2O3/c30-26(21-10-5-2-6-11-21)28-23-12-7-13-24(18-23)29-27(31)22-14-16-25(17-15-22)32-19-20-8-3-1-4-9-20/h1,3-4,7-9,12-18,21H,2,5-6,10-11,19H2,(H,28,30)(H,29,31). The summed E-state index contributed by atoms with van der Waals surface area (Å²) < 4.78 is 5.78. The van der Waals surface area contributed by atoms with Crippen molar-refractivity contribution in [2.45, 2.75) is 38.7 Å². The Kier molecular flexibility index (Phi) is 7.18. The minimum atomic E-state index is -0.213. The van der Waals surface area contributed by atoms with Crippen LogP contribution in [0, 0.1) is 5.92 Å². The first-order valence-corrected chi connectivity index (χ1v) is 11.2. The number of amides is 2. The number of carbonyl (C=O) groups is 2. The zero-order chi connectivity index (χ0) is 22.2. The van der Waals surface area contributed by atoms with E-state index in [-0.39, 0.29) is 17.7 Å². The molecular weight excluding hydrogens is 400 g/mol. The summed E-state index contributed by atoms with van der Waals surface area (Å²) in [6.07, 6.45) is 5.35. The quantitative estimate of drug-likeness (QED) is 0.482. The molecule has 5 heteroatoms. The molecule has 164 valence electrons. The second-order valence-electron chi connectivity index (χ2n) is 8.16. The van der Waals surface area contributed by atoms with Gasteiger partial charge in [0.2, 0.25) is 5.91 Å². The molecule has 0 heterocycles. The predicted molar refractivity (Wildman–Crippen MR) is 127 cm³/mol. The smallest absolute Gasteiger partial charge is 0.255 e. The van der Waals surface area contributed by atoms with Gasteiger partial charge in [-0.15, -0.1) is 0 Å². The summed E-state index contributed by atoms with van der Waals surface area (Å²) in [5.74, 6) is 0.650. The van der Waals surface area contributed by atoms with E-state index in [0.29, 0.717) is 29.3 Å². The van der Waals surface area contributed by atoms with E-state index in [1.807, 2.05) is 48.5 Å². The third kappa shape index (κ3) is 5.97. The van der Waals surface area contributed by atoms with Crippen LogP contribution in [0.3, 0.4) is 0 Å². The van der Waals surface area contributed by atoms with Gasteiger partial charge in [-0.25, -0.2) is 0 Å². The topological polar surface area (TPSA) is 67.4 Å². The fourth-order valence-electron chi connectivity index (χ4n) is 3.93. The first-order valence-electron chi connectivity index (χ1n) is 11.2. The zero-order valence-corrected chi connectivity index (χ0v) is 18.1. The van der Waals surface area contributed by atoms with Gasteiger partial charge in [0.05, 0.1) is 0 Å². The first kappa shape index (κ1) is 21.6. The molecule has 0 aromatic heterocycles. The van der Waals surface area contributed by atoms with E-state index in [1.54, 1.807) is 30.3 Å². The van der Waals surface area contributed by atoms with Crippen LogP contribution in [0.15, 0.2) is 78.9 Å². The lowest BCUT2D eigenvalue weighted by atomic mass is 9.88. The molecule has 1 saturated carbocycles. The van der Waals surface area contributed by atoms with E-state index in [2.05, 4.69) is 10.6 Å².